The number of hydrogen-bond donors (Lipinski definition) is 2. The van der Waals surface area contributed by atoms with Gasteiger partial charge in [0.1, 0.15) is 0 Å². The number of fused-ring (bicyclic) bond motifs is 1. The summed E-state index contributed by atoms with van der Waals surface area (Å²) in [4.78, 5) is 31.0. The van der Waals surface area contributed by atoms with Crippen LogP contribution >= 0.6 is 0 Å². The lowest BCUT2D eigenvalue weighted by atomic mass is 10.0. The van der Waals surface area contributed by atoms with E-state index < -0.39 is 12.1 Å². The summed E-state index contributed by atoms with van der Waals surface area (Å²) in [5, 5.41) is 9.38. The van der Waals surface area contributed by atoms with Crippen LogP contribution in [0.5, 0.6) is 0 Å². The van der Waals surface area contributed by atoms with Crippen molar-refractivity contribution in [3.63, 3.8) is 0 Å². The highest BCUT2D eigenvalue weighted by molar-refractivity contribution is 6.09. The molecule has 0 unspecified atom stereocenters. The molecule has 0 saturated carbocycles. The van der Waals surface area contributed by atoms with Crippen LogP contribution in [0.2, 0.25) is 0 Å². The number of carboxylic acids is 1. The Morgan fingerprint density at radius 1 is 1.21 bits per heavy atom. The Morgan fingerprint density at radius 2 is 1.74 bits per heavy atom. The molecule has 1 aliphatic rings. The van der Waals surface area contributed by atoms with E-state index in [1.165, 1.54) is 0 Å². The van der Waals surface area contributed by atoms with E-state index in [4.69, 9.17) is 9.90 Å². The Balaban J connectivity index is 0.000000224. The second kappa shape index (κ2) is 5.51. The van der Waals surface area contributed by atoms with Gasteiger partial charge in [-0.05, 0) is 11.6 Å². The van der Waals surface area contributed by atoms with E-state index in [2.05, 4.69) is 5.32 Å². The second-order valence-electron chi connectivity index (χ2n) is 3.51. The van der Waals surface area contributed by atoms with Gasteiger partial charge >= 0.3 is 12.1 Å². The summed E-state index contributed by atoms with van der Waals surface area (Å²) in [5.74, 6) is -3.27. The summed E-state index contributed by atoms with van der Waals surface area (Å²) in [6, 6.07) is 7.13. The third-order valence-corrected chi connectivity index (χ3v) is 2.11. The highest BCUT2D eigenvalue weighted by Gasteiger charge is 2.38. The summed E-state index contributed by atoms with van der Waals surface area (Å²) in [6.07, 6.45) is -4.78. The van der Waals surface area contributed by atoms with Crippen LogP contribution < -0.4 is 5.32 Å². The minimum Gasteiger partial charge on any atom is -0.475 e. The molecule has 2 amide bonds. The smallest absolute Gasteiger partial charge is 0.475 e. The number of aliphatic carboxylic acids is 1. The first kappa shape index (κ1) is 14.7. The number of imide groups is 1. The fraction of sp³-hybridized carbons (Fsp3) is 0.182. The average Bonchev–Trinajstić information content (AvgIpc) is 2.28. The van der Waals surface area contributed by atoms with E-state index in [9.17, 15) is 22.8 Å². The molecule has 1 heterocycles. The van der Waals surface area contributed by atoms with Gasteiger partial charge in [-0.2, -0.15) is 13.2 Å². The maximum Gasteiger partial charge on any atom is 0.490 e. The lowest BCUT2D eigenvalue weighted by Gasteiger charge is -2.13. The SMILES string of the molecule is O=C(O)C(F)(F)F.O=C1Cc2ccccc2C(=O)N1. The molecule has 8 heteroatoms. The Kier molecular flexibility index (Phi) is 4.26. The number of carbonyl (C=O) groups is 3. The monoisotopic (exact) mass is 275 g/mol. The van der Waals surface area contributed by atoms with Crippen LogP contribution in [-0.4, -0.2) is 29.1 Å². The van der Waals surface area contributed by atoms with Crippen LogP contribution in [0.1, 0.15) is 15.9 Å². The van der Waals surface area contributed by atoms with E-state index in [0.717, 1.165) is 5.56 Å². The number of amides is 2. The molecule has 2 rings (SSSR count). The molecule has 102 valence electrons. The molecule has 0 aromatic heterocycles. The molecule has 5 nitrogen and oxygen atoms in total. The van der Waals surface area contributed by atoms with Crippen LogP contribution in [0.4, 0.5) is 13.2 Å². The third kappa shape index (κ3) is 4.09. The van der Waals surface area contributed by atoms with Gasteiger partial charge in [-0.1, -0.05) is 18.2 Å². The Labute approximate surface area is 105 Å². The summed E-state index contributed by atoms with van der Waals surface area (Å²) >= 11 is 0. The topological polar surface area (TPSA) is 83.5 Å². The van der Waals surface area contributed by atoms with Crippen molar-refractivity contribution in [2.45, 2.75) is 12.6 Å². The minimum absolute atomic E-state index is 0.223. The molecule has 0 fully saturated rings. The molecule has 0 aliphatic carbocycles. The van der Waals surface area contributed by atoms with Gasteiger partial charge in [-0.25, -0.2) is 4.79 Å². The number of rotatable bonds is 0. The molecule has 1 aliphatic heterocycles. The molecule has 0 saturated heterocycles. The standard InChI is InChI=1S/C9H7NO2.C2HF3O2/c11-8-5-6-3-1-2-4-7(6)9(12)10-8;3-2(4,5)1(6)7/h1-4H,5H2,(H,10,11,12);(H,6,7). The normalized spacial score (nSPS) is 13.8. The Morgan fingerprint density at radius 3 is 2.26 bits per heavy atom. The lowest BCUT2D eigenvalue weighted by Crippen LogP contribution is -2.37. The van der Waals surface area contributed by atoms with Gasteiger partial charge < -0.3 is 5.11 Å². The molecule has 0 spiro atoms. The van der Waals surface area contributed by atoms with Gasteiger partial charge in [-0.3, -0.25) is 14.9 Å². The number of halogens is 3. The number of alkyl halides is 3. The summed E-state index contributed by atoms with van der Waals surface area (Å²) in [5.41, 5.74) is 1.42. The van der Waals surface area contributed by atoms with Crippen molar-refractivity contribution >= 4 is 17.8 Å². The summed E-state index contributed by atoms with van der Waals surface area (Å²) < 4.78 is 31.7. The molecule has 1 aromatic rings. The van der Waals surface area contributed by atoms with Crippen molar-refractivity contribution in [3.05, 3.63) is 35.4 Å². The number of carboxylic acid groups (broad SMARTS) is 1. The van der Waals surface area contributed by atoms with Crippen LogP contribution in [0, 0.1) is 0 Å². The van der Waals surface area contributed by atoms with Gasteiger partial charge in [0.2, 0.25) is 5.91 Å². The zero-order chi connectivity index (χ0) is 14.6. The van der Waals surface area contributed by atoms with Gasteiger partial charge in [-0.15, -0.1) is 0 Å². The van der Waals surface area contributed by atoms with E-state index in [-0.39, 0.29) is 11.8 Å². The van der Waals surface area contributed by atoms with Crippen molar-refractivity contribution in [1.29, 1.82) is 0 Å². The first-order valence-corrected chi connectivity index (χ1v) is 4.94. The van der Waals surface area contributed by atoms with Crippen molar-refractivity contribution < 1.29 is 32.7 Å². The summed E-state index contributed by atoms with van der Waals surface area (Å²) in [7, 11) is 0. The first-order chi connectivity index (χ1) is 8.71. The minimum atomic E-state index is -5.08. The number of benzene rings is 1. The predicted octanol–water partition coefficient (Wildman–Crippen LogP) is 1.13. The molecule has 1 aromatic carbocycles. The number of hydrogen-bond acceptors (Lipinski definition) is 3. The highest BCUT2D eigenvalue weighted by Crippen LogP contribution is 2.13. The third-order valence-electron chi connectivity index (χ3n) is 2.11. The Bertz CT molecular complexity index is 525. The fourth-order valence-electron chi connectivity index (χ4n) is 1.31. The molecular weight excluding hydrogens is 267 g/mol. The number of carbonyl (C=O) groups excluding carboxylic acids is 2. The highest BCUT2D eigenvalue weighted by atomic mass is 19.4. The lowest BCUT2D eigenvalue weighted by molar-refractivity contribution is -0.192. The maximum atomic E-state index is 11.2. The zero-order valence-corrected chi connectivity index (χ0v) is 9.32. The largest absolute Gasteiger partial charge is 0.490 e. The average molecular weight is 275 g/mol. The molecule has 0 radical (unpaired) electrons. The predicted molar refractivity (Wildman–Crippen MR) is 56.3 cm³/mol. The zero-order valence-electron chi connectivity index (χ0n) is 9.32. The quantitative estimate of drug-likeness (QED) is 0.695. The fourth-order valence-corrected chi connectivity index (χ4v) is 1.31. The summed E-state index contributed by atoms with van der Waals surface area (Å²) in [6.45, 7) is 0. The van der Waals surface area contributed by atoms with Gasteiger partial charge in [0, 0.05) is 5.56 Å². The van der Waals surface area contributed by atoms with Crippen molar-refractivity contribution in [2.24, 2.45) is 0 Å². The first-order valence-electron chi connectivity index (χ1n) is 4.94. The number of nitrogens with one attached hydrogen (secondary N) is 1. The van der Waals surface area contributed by atoms with Crippen LogP contribution in [0.25, 0.3) is 0 Å². The van der Waals surface area contributed by atoms with E-state index >= 15 is 0 Å². The van der Waals surface area contributed by atoms with Crippen molar-refractivity contribution in [3.8, 4) is 0 Å². The van der Waals surface area contributed by atoms with Crippen molar-refractivity contribution in [2.75, 3.05) is 0 Å². The van der Waals surface area contributed by atoms with Crippen molar-refractivity contribution in [1.82, 2.24) is 5.32 Å². The molecule has 19 heavy (non-hydrogen) atoms. The molecule has 0 bridgehead atoms. The molecular formula is C11H8F3NO4. The maximum absolute atomic E-state index is 11.2. The van der Waals surface area contributed by atoms with Gasteiger partial charge in [0.15, 0.2) is 0 Å². The Hall–Kier alpha value is -2.38. The molecule has 2 N–H and O–H groups in total. The van der Waals surface area contributed by atoms with Crippen LogP contribution in [0.3, 0.4) is 0 Å². The second-order valence-corrected chi connectivity index (χ2v) is 3.51. The van der Waals surface area contributed by atoms with Gasteiger partial charge in [0.25, 0.3) is 5.91 Å². The van der Waals surface area contributed by atoms with E-state index in [0.29, 0.717) is 12.0 Å². The van der Waals surface area contributed by atoms with Crippen LogP contribution in [0.15, 0.2) is 24.3 Å². The molecule has 0 atom stereocenters. The van der Waals surface area contributed by atoms with Gasteiger partial charge in [0.05, 0.1) is 6.42 Å². The van der Waals surface area contributed by atoms with Crippen LogP contribution in [-0.2, 0) is 16.0 Å². The van der Waals surface area contributed by atoms with E-state index in [1.54, 1.807) is 18.2 Å². The van der Waals surface area contributed by atoms with E-state index in [1.807, 2.05) is 6.07 Å².